The molecule has 0 aliphatic heterocycles. The van der Waals surface area contributed by atoms with Gasteiger partial charge in [0, 0.05) is 19.3 Å². The fourth-order valence-corrected chi connectivity index (χ4v) is 3.40. The van der Waals surface area contributed by atoms with Gasteiger partial charge < -0.3 is 11.1 Å². The van der Waals surface area contributed by atoms with Crippen molar-refractivity contribution in [1.82, 2.24) is 0 Å². The zero-order valence-corrected chi connectivity index (χ0v) is 15.9. The largest absolute Gasteiger partial charge is 0.397 e. The Hall–Kier alpha value is -1.84. The summed E-state index contributed by atoms with van der Waals surface area (Å²) in [5.41, 5.74) is 8.78. The van der Waals surface area contributed by atoms with E-state index in [0.717, 1.165) is 12.8 Å². The van der Waals surface area contributed by atoms with Gasteiger partial charge in [-0.05, 0) is 41.9 Å². The number of benzene rings is 1. The Morgan fingerprint density at radius 1 is 1.28 bits per heavy atom. The van der Waals surface area contributed by atoms with Crippen LogP contribution in [0.3, 0.4) is 0 Å². The second kappa shape index (κ2) is 8.50. The summed E-state index contributed by atoms with van der Waals surface area (Å²) in [6.07, 6.45) is 7.31. The average molecular weight is 344 g/mol. The number of anilines is 2. The number of hydrogen-bond acceptors (Lipinski definition) is 3. The minimum Gasteiger partial charge on any atom is -0.397 e. The highest BCUT2D eigenvalue weighted by atomic mass is 16.1. The predicted octanol–water partition coefficient (Wildman–Crippen LogP) is 4.82. The Bertz CT molecular complexity index is 614. The van der Waals surface area contributed by atoms with E-state index in [4.69, 9.17) is 5.73 Å². The van der Waals surface area contributed by atoms with E-state index < -0.39 is 0 Å². The van der Waals surface area contributed by atoms with Crippen LogP contribution in [0.4, 0.5) is 11.4 Å². The van der Waals surface area contributed by atoms with Crippen LogP contribution in [0.25, 0.3) is 0 Å². The maximum atomic E-state index is 12.1. The van der Waals surface area contributed by atoms with Crippen LogP contribution in [0.5, 0.6) is 0 Å². The standard InChI is InChI=1S/C21H32N2O2/c1-4-5-6-11-21(2,3)16-8-9-19(18(22)14-16)23-20(25)10-7-15-12-17(24)13-15/h8-9,14-15H,4-7,10-13,22H2,1-3H3,(H,23,25). The second-order valence-corrected chi connectivity index (χ2v) is 8.04. The van der Waals surface area contributed by atoms with Crippen molar-refractivity contribution < 1.29 is 9.59 Å². The number of ketones is 1. The highest BCUT2D eigenvalue weighted by Crippen LogP contribution is 2.33. The first-order valence-corrected chi connectivity index (χ1v) is 9.53. The number of carbonyl (C=O) groups is 2. The third-order valence-electron chi connectivity index (χ3n) is 5.32. The van der Waals surface area contributed by atoms with Gasteiger partial charge in [-0.2, -0.15) is 0 Å². The minimum atomic E-state index is -0.0268. The molecule has 4 heteroatoms. The Morgan fingerprint density at radius 3 is 2.60 bits per heavy atom. The molecule has 138 valence electrons. The van der Waals surface area contributed by atoms with E-state index in [-0.39, 0.29) is 11.3 Å². The highest BCUT2D eigenvalue weighted by Gasteiger charge is 2.26. The van der Waals surface area contributed by atoms with Crippen LogP contribution < -0.4 is 11.1 Å². The lowest BCUT2D eigenvalue weighted by Crippen LogP contribution is -2.25. The molecule has 1 aromatic rings. The van der Waals surface area contributed by atoms with Gasteiger partial charge in [-0.3, -0.25) is 9.59 Å². The van der Waals surface area contributed by atoms with Gasteiger partial charge in [-0.15, -0.1) is 0 Å². The number of carbonyl (C=O) groups excluding carboxylic acids is 2. The average Bonchev–Trinajstić information content (AvgIpc) is 2.52. The van der Waals surface area contributed by atoms with Crippen molar-refractivity contribution in [3.8, 4) is 0 Å². The number of nitrogen functional groups attached to an aromatic ring is 1. The van der Waals surface area contributed by atoms with E-state index in [0.29, 0.717) is 42.3 Å². The molecule has 4 nitrogen and oxygen atoms in total. The molecule has 1 amide bonds. The fraction of sp³-hybridized carbons (Fsp3) is 0.619. The second-order valence-electron chi connectivity index (χ2n) is 8.04. The van der Waals surface area contributed by atoms with Gasteiger partial charge in [0.25, 0.3) is 0 Å². The lowest BCUT2D eigenvalue weighted by Gasteiger charge is -2.26. The summed E-state index contributed by atoms with van der Waals surface area (Å²) in [6.45, 7) is 6.70. The van der Waals surface area contributed by atoms with Gasteiger partial charge in [0.2, 0.25) is 5.91 Å². The van der Waals surface area contributed by atoms with Gasteiger partial charge in [-0.1, -0.05) is 46.1 Å². The Labute approximate surface area is 151 Å². The van der Waals surface area contributed by atoms with Crippen molar-refractivity contribution in [2.75, 3.05) is 11.1 Å². The van der Waals surface area contributed by atoms with E-state index in [1.165, 1.54) is 24.8 Å². The monoisotopic (exact) mass is 344 g/mol. The topological polar surface area (TPSA) is 72.2 Å². The van der Waals surface area contributed by atoms with Crippen LogP contribution in [-0.4, -0.2) is 11.7 Å². The molecule has 0 bridgehead atoms. The number of nitrogens with one attached hydrogen (secondary N) is 1. The molecule has 0 saturated heterocycles. The predicted molar refractivity (Wildman–Crippen MR) is 104 cm³/mol. The molecule has 1 aromatic carbocycles. The summed E-state index contributed by atoms with van der Waals surface area (Å²) >= 11 is 0. The van der Waals surface area contributed by atoms with Gasteiger partial charge in [0.15, 0.2) is 0 Å². The van der Waals surface area contributed by atoms with Crippen LogP contribution >= 0.6 is 0 Å². The molecule has 1 aliphatic carbocycles. The highest BCUT2D eigenvalue weighted by molar-refractivity contribution is 5.94. The van der Waals surface area contributed by atoms with Crippen molar-refractivity contribution >= 4 is 23.1 Å². The van der Waals surface area contributed by atoms with Crippen LogP contribution in [0.2, 0.25) is 0 Å². The summed E-state index contributed by atoms with van der Waals surface area (Å²) in [7, 11) is 0. The zero-order chi connectivity index (χ0) is 18.4. The van der Waals surface area contributed by atoms with Crippen molar-refractivity contribution in [3.05, 3.63) is 23.8 Å². The van der Waals surface area contributed by atoms with Crippen molar-refractivity contribution in [2.45, 2.75) is 77.6 Å². The molecule has 0 unspecified atom stereocenters. The number of rotatable bonds is 9. The number of unbranched alkanes of at least 4 members (excludes halogenated alkanes) is 2. The molecule has 1 saturated carbocycles. The van der Waals surface area contributed by atoms with Crippen LogP contribution in [0, 0.1) is 5.92 Å². The van der Waals surface area contributed by atoms with Crippen molar-refractivity contribution in [3.63, 3.8) is 0 Å². The van der Waals surface area contributed by atoms with Gasteiger partial charge in [0.1, 0.15) is 5.78 Å². The fourth-order valence-electron chi connectivity index (χ4n) is 3.40. The number of amides is 1. The first-order chi connectivity index (χ1) is 11.8. The first-order valence-electron chi connectivity index (χ1n) is 9.53. The Kier molecular flexibility index (Phi) is 6.63. The molecule has 3 N–H and O–H groups in total. The molecule has 0 heterocycles. The molecular formula is C21H32N2O2. The summed E-state index contributed by atoms with van der Waals surface area (Å²) in [6, 6.07) is 5.98. The quantitative estimate of drug-likeness (QED) is 0.498. The van der Waals surface area contributed by atoms with E-state index in [2.05, 4.69) is 32.2 Å². The van der Waals surface area contributed by atoms with Gasteiger partial charge in [-0.25, -0.2) is 0 Å². The maximum Gasteiger partial charge on any atom is 0.224 e. The third kappa shape index (κ3) is 5.58. The van der Waals surface area contributed by atoms with E-state index in [9.17, 15) is 9.59 Å². The van der Waals surface area contributed by atoms with Crippen molar-refractivity contribution in [1.29, 1.82) is 0 Å². The van der Waals surface area contributed by atoms with E-state index in [1.807, 2.05) is 12.1 Å². The summed E-state index contributed by atoms with van der Waals surface area (Å²) in [4.78, 5) is 23.1. The molecule has 1 fully saturated rings. The van der Waals surface area contributed by atoms with Gasteiger partial charge >= 0.3 is 0 Å². The maximum absolute atomic E-state index is 12.1. The summed E-state index contributed by atoms with van der Waals surface area (Å²) < 4.78 is 0. The van der Waals surface area contributed by atoms with Crippen molar-refractivity contribution in [2.24, 2.45) is 5.92 Å². The smallest absolute Gasteiger partial charge is 0.224 e. The molecule has 0 aromatic heterocycles. The van der Waals surface area contributed by atoms with Crippen LogP contribution in [-0.2, 0) is 15.0 Å². The Morgan fingerprint density at radius 2 is 2.00 bits per heavy atom. The molecule has 25 heavy (non-hydrogen) atoms. The lowest BCUT2D eigenvalue weighted by molar-refractivity contribution is -0.127. The summed E-state index contributed by atoms with van der Waals surface area (Å²) in [5.74, 6) is 0.676. The van der Waals surface area contributed by atoms with E-state index >= 15 is 0 Å². The molecular weight excluding hydrogens is 312 g/mol. The molecule has 0 atom stereocenters. The SMILES string of the molecule is CCCCCC(C)(C)c1ccc(NC(=O)CCC2CC(=O)C2)c(N)c1. The molecule has 2 rings (SSSR count). The van der Waals surface area contributed by atoms with Crippen LogP contribution in [0.1, 0.15) is 77.7 Å². The molecule has 0 spiro atoms. The summed E-state index contributed by atoms with van der Waals surface area (Å²) in [5, 5.41) is 2.91. The minimum absolute atomic E-state index is 0.0268. The third-order valence-corrected chi connectivity index (χ3v) is 5.32. The number of Topliss-reactive ketones (excluding diaryl/α,β-unsaturated/α-hetero) is 1. The normalized spacial score (nSPS) is 15.1. The number of nitrogens with two attached hydrogens (primary N) is 1. The molecule has 1 aliphatic rings. The number of hydrogen-bond donors (Lipinski definition) is 2. The van der Waals surface area contributed by atoms with Crippen LogP contribution in [0.15, 0.2) is 18.2 Å². The first kappa shape index (κ1) is 19.5. The lowest BCUT2D eigenvalue weighted by atomic mass is 9.79. The Balaban J connectivity index is 1.89. The van der Waals surface area contributed by atoms with E-state index in [1.54, 1.807) is 0 Å². The van der Waals surface area contributed by atoms with Gasteiger partial charge in [0.05, 0.1) is 11.4 Å². The zero-order valence-electron chi connectivity index (χ0n) is 15.9. The molecule has 0 radical (unpaired) electrons.